The molecule has 1 aromatic carbocycles. The van der Waals surface area contributed by atoms with Crippen molar-refractivity contribution in [1.29, 1.82) is 0 Å². The number of hydrogen-bond acceptors (Lipinski definition) is 3. The van der Waals surface area contributed by atoms with Crippen LogP contribution in [0.1, 0.15) is 5.69 Å². The third-order valence-corrected chi connectivity index (χ3v) is 3.04. The quantitative estimate of drug-likeness (QED) is 0.650. The zero-order valence-corrected chi connectivity index (χ0v) is 10.0. The smallest absolute Gasteiger partial charge is 0.0895 e. The minimum Gasteiger partial charge on any atom is -0.394 e. The number of aromatic nitrogens is 1. The average molecular weight is 255 g/mol. The van der Waals surface area contributed by atoms with Crippen LogP contribution in [0.3, 0.4) is 0 Å². The van der Waals surface area contributed by atoms with Gasteiger partial charge >= 0.3 is 0 Å². The van der Waals surface area contributed by atoms with Gasteiger partial charge in [-0.1, -0.05) is 29.8 Å². The van der Waals surface area contributed by atoms with Crippen LogP contribution in [0.2, 0.25) is 5.02 Å². The largest absolute Gasteiger partial charge is 0.394 e. The van der Waals surface area contributed by atoms with Gasteiger partial charge in [0, 0.05) is 29.7 Å². The summed E-state index contributed by atoms with van der Waals surface area (Å²) in [7, 11) is 0. The molecule has 0 bridgehead atoms. The van der Waals surface area contributed by atoms with Gasteiger partial charge in [-0.2, -0.15) is 0 Å². The van der Waals surface area contributed by atoms with Crippen molar-refractivity contribution in [3.63, 3.8) is 0 Å². The highest BCUT2D eigenvalue weighted by molar-refractivity contribution is 6.36. The summed E-state index contributed by atoms with van der Waals surface area (Å²) in [6, 6.07) is 7.81. The second kappa shape index (κ2) is 5.51. The molecule has 2 aromatic rings. The Bertz CT molecular complexity index is 498. The number of aliphatic hydroxyl groups excluding tert-OH is 2. The van der Waals surface area contributed by atoms with Gasteiger partial charge in [-0.3, -0.25) is 0 Å². The third kappa shape index (κ3) is 2.79. The van der Waals surface area contributed by atoms with Gasteiger partial charge in [-0.05, 0) is 6.07 Å². The number of rotatable bonds is 5. The van der Waals surface area contributed by atoms with Crippen LogP contribution < -0.4 is 5.32 Å². The third-order valence-electron chi connectivity index (χ3n) is 2.61. The van der Waals surface area contributed by atoms with E-state index in [-0.39, 0.29) is 6.61 Å². The van der Waals surface area contributed by atoms with Crippen molar-refractivity contribution < 1.29 is 10.2 Å². The van der Waals surface area contributed by atoms with Crippen LogP contribution in [-0.4, -0.2) is 34.5 Å². The molecule has 4 N–H and O–H groups in total. The highest BCUT2D eigenvalue weighted by Crippen LogP contribution is 2.26. The summed E-state index contributed by atoms with van der Waals surface area (Å²) in [5.74, 6) is 0. The Morgan fingerprint density at radius 1 is 1.35 bits per heavy atom. The van der Waals surface area contributed by atoms with Crippen molar-refractivity contribution in [2.75, 3.05) is 13.2 Å². The number of H-pyrrole nitrogens is 1. The molecule has 2 rings (SSSR count). The van der Waals surface area contributed by atoms with E-state index >= 15 is 0 Å². The number of fused-ring (bicyclic) bond motifs is 1. The van der Waals surface area contributed by atoms with Crippen LogP contribution >= 0.6 is 11.6 Å². The highest BCUT2D eigenvalue weighted by Gasteiger charge is 2.09. The first kappa shape index (κ1) is 12.4. The van der Waals surface area contributed by atoms with E-state index in [0.29, 0.717) is 18.1 Å². The Labute approximate surface area is 104 Å². The van der Waals surface area contributed by atoms with Crippen LogP contribution in [0.25, 0.3) is 10.9 Å². The Kier molecular flexibility index (Phi) is 4.02. The van der Waals surface area contributed by atoms with Gasteiger partial charge in [0.1, 0.15) is 0 Å². The molecule has 92 valence electrons. The second-order valence-corrected chi connectivity index (χ2v) is 4.31. The van der Waals surface area contributed by atoms with E-state index in [4.69, 9.17) is 16.7 Å². The molecule has 0 radical (unpaired) electrons. The number of hydrogen-bond donors (Lipinski definition) is 4. The molecule has 0 fully saturated rings. The second-order valence-electron chi connectivity index (χ2n) is 3.93. The predicted molar refractivity (Wildman–Crippen MR) is 68.1 cm³/mol. The fourth-order valence-electron chi connectivity index (χ4n) is 1.71. The maximum absolute atomic E-state index is 9.19. The van der Waals surface area contributed by atoms with Crippen LogP contribution in [0.15, 0.2) is 24.3 Å². The lowest BCUT2D eigenvalue weighted by Gasteiger charge is -2.07. The summed E-state index contributed by atoms with van der Waals surface area (Å²) < 4.78 is 0. The molecule has 17 heavy (non-hydrogen) atoms. The Morgan fingerprint density at radius 2 is 2.12 bits per heavy atom. The molecular formula is C12H15ClN2O2. The van der Waals surface area contributed by atoms with Crippen LogP contribution in [0.5, 0.6) is 0 Å². The number of benzene rings is 1. The summed E-state index contributed by atoms with van der Waals surface area (Å²) in [6.45, 7) is 0.625. The van der Waals surface area contributed by atoms with E-state index in [1.54, 1.807) is 0 Å². The van der Waals surface area contributed by atoms with Crippen LogP contribution in [-0.2, 0) is 6.54 Å². The van der Waals surface area contributed by atoms with Crippen molar-refractivity contribution >= 4 is 22.5 Å². The molecule has 4 nitrogen and oxygen atoms in total. The Morgan fingerprint density at radius 3 is 2.82 bits per heavy atom. The van der Waals surface area contributed by atoms with E-state index in [0.717, 1.165) is 16.6 Å². The van der Waals surface area contributed by atoms with Crippen molar-refractivity contribution in [1.82, 2.24) is 10.3 Å². The highest BCUT2D eigenvalue weighted by atomic mass is 35.5. The van der Waals surface area contributed by atoms with Gasteiger partial charge in [0.15, 0.2) is 0 Å². The van der Waals surface area contributed by atoms with Crippen molar-refractivity contribution in [2.45, 2.75) is 12.6 Å². The van der Waals surface area contributed by atoms with Gasteiger partial charge in [-0.15, -0.1) is 0 Å². The summed E-state index contributed by atoms with van der Waals surface area (Å²) in [4.78, 5) is 3.22. The zero-order valence-electron chi connectivity index (χ0n) is 9.28. The zero-order chi connectivity index (χ0) is 12.3. The van der Waals surface area contributed by atoms with E-state index < -0.39 is 6.10 Å². The van der Waals surface area contributed by atoms with E-state index in [2.05, 4.69) is 10.3 Å². The molecule has 0 aliphatic carbocycles. The molecule has 0 amide bonds. The lowest BCUT2D eigenvalue weighted by molar-refractivity contribution is 0.0942. The van der Waals surface area contributed by atoms with Crippen LogP contribution in [0, 0.1) is 0 Å². The fourth-order valence-corrected chi connectivity index (χ4v) is 1.99. The predicted octanol–water partition coefficient (Wildman–Crippen LogP) is 1.26. The minimum absolute atomic E-state index is 0.243. The van der Waals surface area contributed by atoms with Crippen LogP contribution in [0.4, 0.5) is 0 Å². The fraction of sp³-hybridized carbons (Fsp3) is 0.333. The van der Waals surface area contributed by atoms with Gasteiger partial charge < -0.3 is 20.5 Å². The van der Waals surface area contributed by atoms with Gasteiger partial charge in [0.2, 0.25) is 0 Å². The normalized spacial score (nSPS) is 13.1. The number of para-hydroxylation sites is 1. The molecule has 0 saturated heterocycles. The van der Waals surface area contributed by atoms with Gasteiger partial charge in [0.25, 0.3) is 0 Å². The monoisotopic (exact) mass is 254 g/mol. The minimum atomic E-state index is -0.738. The maximum Gasteiger partial charge on any atom is 0.0895 e. The van der Waals surface area contributed by atoms with Crippen molar-refractivity contribution in [3.8, 4) is 0 Å². The van der Waals surface area contributed by atoms with Crippen molar-refractivity contribution in [2.24, 2.45) is 0 Å². The van der Waals surface area contributed by atoms with Gasteiger partial charge in [-0.25, -0.2) is 0 Å². The molecule has 1 unspecified atom stereocenters. The van der Waals surface area contributed by atoms with E-state index in [1.165, 1.54) is 0 Å². The summed E-state index contributed by atoms with van der Waals surface area (Å²) >= 11 is 6.22. The standard InChI is InChI=1S/C12H15ClN2O2/c13-12-9-3-1-2-4-10(9)15-11(12)6-14-5-8(17)7-16/h1-4,8,14-17H,5-7H2. The SMILES string of the molecule is OCC(O)CNCc1[nH]c2ccccc2c1Cl. The molecule has 0 aliphatic heterocycles. The first-order chi connectivity index (χ1) is 8.22. The van der Waals surface area contributed by atoms with Gasteiger partial charge in [0.05, 0.1) is 17.7 Å². The molecule has 0 saturated carbocycles. The number of aromatic amines is 1. The molecule has 1 heterocycles. The molecule has 1 atom stereocenters. The van der Waals surface area contributed by atoms with E-state index in [1.807, 2.05) is 24.3 Å². The summed E-state index contributed by atoms with van der Waals surface area (Å²) in [6.07, 6.45) is -0.738. The summed E-state index contributed by atoms with van der Waals surface area (Å²) in [5.41, 5.74) is 1.88. The number of halogens is 1. The average Bonchev–Trinajstić information content (AvgIpc) is 2.67. The molecule has 5 heteroatoms. The lowest BCUT2D eigenvalue weighted by Crippen LogP contribution is -2.29. The summed E-state index contributed by atoms with van der Waals surface area (Å²) in [5, 5.41) is 22.6. The first-order valence-corrected chi connectivity index (χ1v) is 5.85. The molecule has 0 spiro atoms. The molecule has 0 aliphatic rings. The number of aliphatic hydroxyl groups is 2. The molecular weight excluding hydrogens is 240 g/mol. The maximum atomic E-state index is 9.19. The Hall–Kier alpha value is -1.07. The van der Waals surface area contributed by atoms with E-state index in [9.17, 15) is 5.11 Å². The topological polar surface area (TPSA) is 68.3 Å². The number of nitrogens with one attached hydrogen (secondary N) is 2. The molecule has 1 aromatic heterocycles. The Balaban J connectivity index is 2.06. The first-order valence-electron chi connectivity index (χ1n) is 5.47. The lowest BCUT2D eigenvalue weighted by atomic mass is 10.2. The van der Waals surface area contributed by atoms with Crippen molar-refractivity contribution in [3.05, 3.63) is 35.0 Å².